The number of hydrogen-bond acceptors (Lipinski definition) is 6. The number of halogens is 5. The molecule has 1 saturated heterocycles. The number of carbonyl (C=O) groups excluding carboxylic acids is 3. The van der Waals surface area contributed by atoms with Gasteiger partial charge >= 0.3 is 18.3 Å². The fourth-order valence-corrected chi connectivity index (χ4v) is 3.87. The minimum atomic E-state index is -4.66. The fourth-order valence-electron chi connectivity index (χ4n) is 3.87. The lowest BCUT2D eigenvalue weighted by atomic mass is 10.1. The first kappa shape index (κ1) is 30.5. The largest absolute Gasteiger partial charge is 0.444 e. The Balaban J connectivity index is 1.87. The number of nitrogens with zero attached hydrogens (tertiary/aromatic N) is 2. The molecular formula is C25H28F5N5O5. The lowest BCUT2D eigenvalue weighted by Crippen LogP contribution is -2.40. The summed E-state index contributed by atoms with van der Waals surface area (Å²) in [7, 11) is 1.31. The maximum atomic E-state index is 14.0. The average Bonchev–Trinajstić information content (AvgIpc) is 3.23. The monoisotopic (exact) mass is 573 g/mol. The first-order valence-corrected chi connectivity index (χ1v) is 11.9. The van der Waals surface area contributed by atoms with E-state index in [0.29, 0.717) is 0 Å². The first-order valence-electron chi connectivity index (χ1n) is 11.9. The van der Waals surface area contributed by atoms with Crippen molar-refractivity contribution >= 4 is 23.8 Å². The zero-order chi connectivity index (χ0) is 29.8. The van der Waals surface area contributed by atoms with E-state index in [0.717, 1.165) is 23.1 Å². The van der Waals surface area contributed by atoms with Gasteiger partial charge in [-0.25, -0.2) is 23.4 Å². The number of nitrogens with one attached hydrogen (secondary N) is 3. The molecule has 3 atom stereocenters. The summed E-state index contributed by atoms with van der Waals surface area (Å²) in [6, 6.07) is -0.196. The Morgan fingerprint density at radius 2 is 1.82 bits per heavy atom. The lowest BCUT2D eigenvalue weighted by molar-refractivity contribution is -0.150. The maximum absolute atomic E-state index is 14.0. The van der Waals surface area contributed by atoms with Crippen LogP contribution < -0.4 is 16.0 Å². The molecule has 1 aromatic heterocycles. The molecule has 3 N–H and O–H groups in total. The third kappa shape index (κ3) is 7.77. The van der Waals surface area contributed by atoms with Crippen molar-refractivity contribution in [2.75, 3.05) is 25.6 Å². The van der Waals surface area contributed by atoms with Crippen LogP contribution in [-0.4, -0.2) is 66.0 Å². The third-order valence-corrected chi connectivity index (χ3v) is 5.65. The van der Waals surface area contributed by atoms with Crippen LogP contribution in [0, 0.1) is 11.6 Å². The predicted molar refractivity (Wildman–Crippen MR) is 131 cm³/mol. The number of methoxy groups -OCH3 is 1. The molecule has 1 aromatic carbocycles. The summed E-state index contributed by atoms with van der Waals surface area (Å²) < 4.78 is 77.4. The van der Waals surface area contributed by atoms with Crippen molar-refractivity contribution in [3.63, 3.8) is 0 Å². The van der Waals surface area contributed by atoms with Gasteiger partial charge in [-0.15, -0.1) is 0 Å². The van der Waals surface area contributed by atoms with Gasteiger partial charge in [-0.05, 0) is 56.2 Å². The Hall–Kier alpha value is -4.01. The number of ether oxygens (including phenoxy) is 2. The summed E-state index contributed by atoms with van der Waals surface area (Å²) in [6.45, 7) is 3.92. The normalized spacial score (nSPS) is 17.2. The number of carbonyl (C=O) groups is 3. The molecule has 0 saturated carbocycles. The highest BCUT2D eigenvalue weighted by Crippen LogP contribution is 2.31. The van der Waals surface area contributed by atoms with E-state index in [1.54, 1.807) is 20.8 Å². The van der Waals surface area contributed by atoms with Crippen molar-refractivity contribution in [1.29, 1.82) is 0 Å². The maximum Gasteiger partial charge on any atom is 0.410 e. The second kappa shape index (κ2) is 12.0. The molecule has 3 rings (SSSR count). The number of hydrogen-bond donors (Lipinski definition) is 3. The highest BCUT2D eigenvalue weighted by molar-refractivity contribution is 5.96. The molecule has 1 aliphatic rings. The quantitative estimate of drug-likeness (QED) is 0.407. The van der Waals surface area contributed by atoms with Gasteiger partial charge in [-0.2, -0.15) is 13.2 Å². The van der Waals surface area contributed by atoms with Crippen molar-refractivity contribution < 1.29 is 45.8 Å². The second-order valence-electron chi connectivity index (χ2n) is 9.88. The minimum Gasteiger partial charge on any atom is -0.444 e. The number of amides is 4. The van der Waals surface area contributed by atoms with E-state index < -0.39 is 66.1 Å². The third-order valence-electron chi connectivity index (χ3n) is 5.65. The minimum absolute atomic E-state index is 0.103. The number of pyridine rings is 1. The summed E-state index contributed by atoms with van der Waals surface area (Å²) in [6.07, 6.45) is -4.43. The van der Waals surface area contributed by atoms with E-state index in [1.807, 2.05) is 5.32 Å². The molecule has 40 heavy (non-hydrogen) atoms. The van der Waals surface area contributed by atoms with Gasteiger partial charge in [0.25, 0.3) is 5.91 Å². The molecule has 218 valence electrons. The molecular weight excluding hydrogens is 545 g/mol. The van der Waals surface area contributed by atoms with Crippen molar-refractivity contribution in [2.45, 2.75) is 50.7 Å². The zero-order valence-corrected chi connectivity index (χ0v) is 21.9. The Morgan fingerprint density at radius 1 is 1.12 bits per heavy atom. The number of benzene rings is 1. The predicted octanol–water partition coefficient (Wildman–Crippen LogP) is 4.21. The summed E-state index contributed by atoms with van der Waals surface area (Å²) in [5.41, 5.74) is -0.754. The van der Waals surface area contributed by atoms with Crippen LogP contribution in [-0.2, 0) is 14.3 Å². The van der Waals surface area contributed by atoms with Gasteiger partial charge in [0, 0.05) is 13.3 Å². The van der Waals surface area contributed by atoms with Crippen LogP contribution in [0.2, 0.25) is 0 Å². The number of aromatic nitrogens is 1. The molecule has 0 unspecified atom stereocenters. The molecule has 0 spiro atoms. The standard InChI is InChI=1S/C25H28F5N5O5/c1-24(2,3)40-23(38)34-20(14-5-6-15(26)16(27)9-14)21(36)33-19-10-13(7-8-31-19)17(12-39-4)35-11-18(25(28,29)30)32-22(35)37/h5-10,17-18,20H,11-12H2,1-4H3,(H,32,37)(H,34,38)(H,31,33,36)/t17-,18+,20+/m1/s1. The number of anilines is 1. The Morgan fingerprint density at radius 3 is 2.40 bits per heavy atom. The van der Waals surface area contributed by atoms with Gasteiger partial charge in [-0.1, -0.05) is 6.07 Å². The molecule has 2 heterocycles. The zero-order valence-electron chi connectivity index (χ0n) is 21.9. The molecule has 10 nitrogen and oxygen atoms in total. The van der Waals surface area contributed by atoms with Crippen molar-refractivity contribution in [3.8, 4) is 0 Å². The molecule has 1 fully saturated rings. The van der Waals surface area contributed by atoms with Crippen LogP contribution in [0.15, 0.2) is 36.5 Å². The van der Waals surface area contributed by atoms with Crippen LogP contribution >= 0.6 is 0 Å². The van der Waals surface area contributed by atoms with Gasteiger partial charge in [0.2, 0.25) is 0 Å². The molecule has 0 aliphatic carbocycles. The van der Waals surface area contributed by atoms with Crippen molar-refractivity contribution in [2.24, 2.45) is 0 Å². The van der Waals surface area contributed by atoms with E-state index in [1.165, 1.54) is 25.4 Å². The fraction of sp³-hybridized carbons (Fsp3) is 0.440. The smallest absolute Gasteiger partial charge is 0.410 e. The van der Waals surface area contributed by atoms with Crippen LogP contribution in [0.5, 0.6) is 0 Å². The van der Waals surface area contributed by atoms with Crippen LogP contribution in [0.3, 0.4) is 0 Å². The van der Waals surface area contributed by atoms with E-state index in [-0.39, 0.29) is 23.6 Å². The topological polar surface area (TPSA) is 122 Å². The summed E-state index contributed by atoms with van der Waals surface area (Å²) in [5.74, 6) is -3.45. The number of rotatable bonds is 8. The van der Waals surface area contributed by atoms with E-state index in [4.69, 9.17) is 9.47 Å². The van der Waals surface area contributed by atoms with Gasteiger partial charge in [0.05, 0.1) is 19.2 Å². The summed E-state index contributed by atoms with van der Waals surface area (Å²) in [5, 5.41) is 6.63. The summed E-state index contributed by atoms with van der Waals surface area (Å²) >= 11 is 0. The first-order chi connectivity index (χ1) is 18.6. The molecule has 1 aliphatic heterocycles. The van der Waals surface area contributed by atoms with Crippen LogP contribution in [0.25, 0.3) is 0 Å². The van der Waals surface area contributed by atoms with Gasteiger partial charge in [-0.3, -0.25) is 4.79 Å². The number of alkyl halides is 3. The molecule has 4 amide bonds. The second-order valence-corrected chi connectivity index (χ2v) is 9.88. The van der Waals surface area contributed by atoms with Gasteiger partial charge in [0.1, 0.15) is 23.5 Å². The lowest BCUT2D eigenvalue weighted by Gasteiger charge is -2.27. The molecule has 0 radical (unpaired) electrons. The molecule has 15 heteroatoms. The summed E-state index contributed by atoms with van der Waals surface area (Å²) in [4.78, 5) is 42.9. The molecule has 0 bridgehead atoms. The highest BCUT2D eigenvalue weighted by Gasteiger charge is 2.48. The average molecular weight is 574 g/mol. The Labute approximate surface area is 226 Å². The SMILES string of the molecule is COC[C@H](c1ccnc(NC(=O)[C@@H](NC(=O)OC(C)(C)C)c2ccc(F)c(F)c2)c1)N1C[C@@H](C(F)(F)F)NC1=O. The van der Waals surface area contributed by atoms with Crippen molar-refractivity contribution in [1.82, 2.24) is 20.5 Å². The number of urea groups is 1. The van der Waals surface area contributed by atoms with E-state index >= 15 is 0 Å². The van der Waals surface area contributed by atoms with Crippen LogP contribution in [0.1, 0.15) is 44.0 Å². The Kier molecular flexibility index (Phi) is 9.18. The van der Waals surface area contributed by atoms with E-state index in [2.05, 4.69) is 15.6 Å². The highest BCUT2D eigenvalue weighted by atomic mass is 19.4. The number of alkyl carbamates (subject to hydrolysis) is 1. The van der Waals surface area contributed by atoms with Crippen molar-refractivity contribution in [3.05, 3.63) is 59.3 Å². The Bertz CT molecular complexity index is 1250. The molecule has 2 aromatic rings. The van der Waals surface area contributed by atoms with Gasteiger partial charge in [0.15, 0.2) is 11.6 Å². The van der Waals surface area contributed by atoms with Gasteiger partial charge < -0.3 is 30.3 Å². The van der Waals surface area contributed by atoms with E-state index in [9.17, 15) is 36.3 Å². The van der Waals surface area contributed by atoms with Crippen LogP contribution in [0.4, 0.5) is 37.4 Å².